The summed E-state index contributed by atoms with van der Waals surface area (Å²) >= 11 is 5.71. The summed E-state index contributed by atoms with van der Waals surface area (Å²) in [5.74, 6) is 2.96. The minimum atomic E-state index is 0.0879. The first-order valence-electron chi connectivity index (χ1n) is 4.85. The molecule has 1 unspecified atom stereocenters. The Bertz CT molecular complexity index is 391. The van der Waals surface area contributed by atoms with E-state index in [0.29, 0.717) is 12.4 Å². The van der Waals surface area contributed by atoms with Crippen LogP contribution >= 0.6 is 11.6 Å². The van der Waals surface area contributed by atoms with Gasteiger partial charge in [-0.15, -0.1) is 12.3 Å². The van der Waals surface area contributed by atoms with Crippen LogP contribution in [0.1, 0.15) is 19.8 Å². The van der Waals surface area contributed by atoms with Gasteiger partial charge in [0.15, 0.2) is 0 Å². The van der Waals surface area contributed by atoms with Gasteiger partial charge in [-0.2, -0.15) is 15.0 Å². The van der Waals surface area contributed by atoms with E-state index in [4.69, 9.17) is 22.8 Å². The first-order chi connectivity index (χ1) is 7.69. The highest BCUT2D eigenvalue weighted by atomic mass is 35.5. The molecule has 0 bridgehead atoms. The van der Waals surface area contributed by atoms with Gasteiger partial charge in [0.05, 0.1) is 7.11 Å². The van der Waals surface area contributed by atoms with Gasteiger partial charge in [0, 0.05) is 12.5 Å². The zero-order valence-electron chi connectivity index (χ0n) is 9.20. The van der Waals surface area contributed by atoms with E-state index in [1.54, 1.807) is 0 Å². The summed E-state index contributed by atoms with van der Waals surface area (Å²) in [6.45, 7) is 2.02. The van der Waals surface area contributed by atoms with Crippen LogP contribution in [-0.4, -0.2) is 28.1 Å². The monoisotopic (exact) mass is 240 g/mol. The van der Waals surface area contributed by atoms with Crippen LogP contribution in [0.4, 0.5) is 5.95 Å². The van der Waals surface area contributed by atoms with Crippen molar-refractivity contribution in [3.63, 3.8) is 0 Å². The van der Waals surface area contributed by atoms with E-state index >= 15 is 0 Å². The predicted octanol–water partition coefficient (Wildman–Crippen LogP) is 1.75. The van der Waals surface area contributed by atoms with Gasteiger partial charge in [-0.1, -0.05) is 6.92 Å². The number of anilines is 1. The van der Waals surface area contributed by atoms with E-state index in [1.165, 1.54) is 7.11 Å². The Morgan fingerprint density at radius 2 is 2.25 bits per heavy atom. The van der Waals surface area contributed by atoms with Gasteiger partial charge in [-0.3, -0.25) is 0 Å². The maximum absolute atomic E-state index is 5.71. The van der Waals surface area contributed by atoms with E-state index in [-0.39, 0.29) is 17.3 Å². The number of aromatic nitrogens is 3. The van der Waals surface area contributed by atoms with Crippen LogP contribution in [0.15, 0.2) is 0 Å². The third kappa shape index (κ3) is 3.55. The van der Waals surface area contributed by atoms with Gasteiger partial charge in [0.1, 0.15) is 0 Å². The van der Waals surface area contributed by atoms with E-state index < -0.39 is 0 Å². The predicted molar refractivity (Wildman–Crippen MR) is 62.5 cm³/mol. The molecule has 0 spiro atoms. The first-order valence-corrected chi connectivity index (χ1v) is 5.23. The smallest absolute Gasteiger partial charge is 0.322 e. The van der Waals surface area contributed by atoms with Crippen molar-refractivity contribution in [2.45, 2.75) is 25.8 Å². The van der Waals surface area contributed by atoms with Gasteiger partial charge in [-0.05, 0) is 18.0 Å². The summed E-state index contributed by atoms with van der Waals surface area (Å²) in [4.78, 5) is 11.7. The highest BCUT2D eigenvalue weighted by Gasteiger charge is 2.09. The molecule has 0 radical (unpaired) electrons. The molecule has 0 aromatic carbocycles. The molecular formula is C10H13ClN4O. The van der Waals surface area contributed by atoms with E-state index in [2.05, 4.69) is 26.2 Å². The van der Waals surface area contributed by atoms with E-state index in [9.17, 15) is 0 Å². The third-order valence-electron chi connectivity index (χ3n) is 1.96. The van der Waals surface area contributed by atoms with Gasteiger partial charge in [0.25, 0.3) is 0 Å². The molecule has 0 aliphatic carbocycles. The number of terminal acetylenes is 1. The molecule has 0 saturated carbocycles. The van der Waals surface area contributed by atoms with Crippen LogP contribution in [0.5, 0.6) is 6.01 Å². The summed E-state index contributed by atoms with van der Waals surface area (Å²) in [7, 11) is 1.47. The van der Waals surface area contributed by atoms with Gasteiger partial charge in [-0.25, -0.2) is 0 Å². The number of ether oxygens (including phenoxy) is 1. The van der Waals surface area contributed by atoms with E-state index in [1.807, 2.05) is 6.92 Å². The Morgan fingerprint density at radius 1 is 1.50 bits per heavy atom. The molecule has 1 N–H and O–H groups in total. The van der Waals surface area contributed by atoms with Crippen LogP contribution in [-0.2, 0) is 0 Å². The SMILES string of the molecule is C#CCC(CC)Nc1nc(Cl)nc(OC)n1. The minimum Gasteiger partial charge on any atom is -0.467 e. The lowest BCUT2D eigenvalue weighted by Crippen LogP contribution is -2.19. The molecule has 1 aromatic heterocycles. The number of halogens is 1. The van der Waals surface area contributed by atoms with Crippen LogP contribution in [0.3, 0.4) is 0 Å². The highest BCUT2D eigenvalue weighted by molar-refractivity contribution is 6.28. The topological polar surface area (TPSA) is 59.9 Å². The van der Waals surface area contributed by atoms with Crippen molar-refractivity contribution in [2.75, 3.05) is 12.4 Å². The lowest BCUT2D eigenvalue weighted by Gasteiger charge is -2.13. The number of methoxy groups -OCH3 is 1. The largest absolute Gasteiger partial charge is 0.467 e. The lowest BCUT2D eigenvalue weighted by atomic mass is 10.2. The summed E-state index contributed by atoms with van der Waals surface area (Å²) in [5.41, 5.74) is 0. The van der Waals surface area contributed by atoms with Gasteiger partial charge < -0.3 is 10.1 Å². The Kier molecular flexibility index (Phi) is 4.80. The standard InChI is InChI=1S/C10H13ClN4O/c1-4-6-7(5-2)12-9-13-8(11)14-10(15-9)16-3/h1,7H,5-6H2,2-3H3,(H,12,13,14,15). The first kappa shape index (κ1) is 12.5. The second kappa shape index (κ2) is 6.13. The molecular weight excluding hydrogens is 228 g/mol. The average molecular weight is 241 g/mol. The molecule has 1 atom stereocenters. The summed E-state index contributed by atoms with van der Waals surface area (Å²) < 4.78 is 4.88. The van der Waals surface area contributed by atoms with Crippen molar-refractivity contribution in [3.05, 3.63) is 5.28 Å². The number of nitrogens with one attached hydrogen (secondary N) is 1. The quantitative estimate of drug-likeness (QED) is 0.795. The Morgan fingerprint density at radius 3 is 2.81 bits per heavy atom. The number of hydrogen-bond acceptors (Lipinski definition) is 5. The fourth-order valence-electron chi connectivity index (χ4n) is 1.11. The average Bonchev–Trinajstić information content (AvgIpc) is 2.27. The van der Waals surface area contributed by atoms with Crippen LogP contribution in [0.25, 0.3) is 0 Å². The molecule has 1 rings (SSSR count). The van der Waals surface area contributed by atoms with Crippen molar-refractivity contribution < 1.29 is 4.74 Å². The van der Waals surface area contributed by atoms with Crippen molar-refractivity contribution in [2.24, 2.45) is 0 Å². The van der Waals surface area contributed by atoms with Crippen LogP contribution in [0, 0.1) is 12.3 Å². The number of nitrogens with zero attached hydrogens (tertiary/aromatic N) is 3. The summed E-state index contributed by atoms with van der Waals surface area (Å²) in [6.07, 6.45) is 6.72. The van der Waals surface area contributed by atoms with Crippen LogP contribution < -0.4 is 10.1 Å². The molecule has 1 heterocycles. The second-order valence-electron chi connectivity index (χ2n) is 3.07. The molecule has 0 aliphatic rings. The number of rotatable bonds is 5. The molecule has 5 nitrogen and oxygen atoms in total. The molecule has 86 valence electrons. The third-order valence-corrected chi connectivity index (χ3v) is 2.13. The molecule has 0 saturated heterocycles. The molecule has 1 aromatic rings. The van der Waals surface area contributed by atoms with E-state index in [0.717, 1.165) is 6.42 Å². The van der Waals surface area contributed by atoms with Gasteiger partial charge in [0.2, 0.25) is 11.2 Å². The lowest BCUT2D eigenvalue weighted by molar-refractivity contribution is 0.378. The Labute approximate surface area is 99.6 Å². The normalized spacial score (nSPS) is 11.6. The molecule has 6 heteroatoms. The summed E-state index contributed by atoms with van der Waals surface area (Å²) in [5, 5.41) is 3.16. The number of hydrogen-bond donors (Lipinski definition) is 1. The molecule has 0 fully saturated rings. The minimum absolute atomic E-state index is 0.0879. The van der Waals surface area contributed by atoms with Crippen molar-refractivity contribution >= 4 is 17.5 Å². The van der Waals surface area contributed by atoms with Gasteiger partial charge >= 0.3 is 6.01 Å². The van der Waals surface area contributed by atoms with Crippen molar-refractivity contribution in [1.82, 2.24) is 15.0 Å². The highest BCUT2D eigenvalue weighted by Crippen LogP contribution is 2.13. The molecule has 16 heavy (non-hydrogen) atoms. The Hall–Kier alpha value is -1.54. The van der Waals surface area contributed by atoms with Crippen LogP contribution in [0.2, 0.25) is 5.28 Å². The maximum Gasteiger partial charge on any atom is 0.322 e. The maximum atomic E-state index is 5.71. The van der Waals surface area contributed by atoms with Crippen molar-refractivity contribution in [1.29, 1.82) is 0 Å². The Balaban J connectivity index is 2.79. The fraction of sp³-hybridized carbons (Fsp3) is 0.500. The zero-order chi connectivity index (χ0) is 12.0. The van der Waals surface area contributed by atoms with Crippen molar-refractivity contribution in [3.8, 4) is 18.4 Å². The summed E-state index contributed by atoms with van der Waals surface area (Å²) in [6, 6.07) is 0.297. The second-order valence-corrected chi connectivity index (χ2v) is 3.41. The molecule has 0 amide bonds. The fourth-order valence-corrected chi connectivity index (χ4v) is 1.26. The molecule has 0 aliphatic heterocycles. The zero-order valence-corrected chi connectivity index (χ0v) is 9.95.